The third-order valence-electron chi connectivity index (χ3n) is 2.75. The van der Waals surface area contributed by atoms with Gasteiger partial charge in [-0.1, -0.05) is 35.0 Å². The predicted octanol–water partition coefficient (Wildman–Crippen LogP) is 4.88. The summed E-state index contributed by atoms with van der Waals surface area (Å²) in [5.74, 6) is 0.852. The molecule has 0 aromatic heterocycles. The van der Waals surface area contributed by atoms with Crippen LogP contribution in [0.5, 0.6) is 11.5 Å². The quantitative estimate of drug-likeness (QED) is 0.758. The zero-order valence-corrected chi connectivity index (χ0v) is 12.9. The van der Waals surface area contributed by atoms with Gasteiger partial charge in [0.25, 0.3) is 0 Å². The molecule has 0 aliphatic heterocycles. The number of benzene rings is 2. The molecule has 0 amide bonds. The van der Waals surface area contributed by atoms with Crippen LogP contribution in [0.4, 0.5) is 4.39 Å². The molecule has 0 fully saturated rings. The first-order chi connectivity index (χ1) is 9.67. The summed E-state index contributed by atoms with van der Waals surface area (Å²) in [6, 6.07) is 12.3. The Bertz CT molecular complexity index is 537. The summed E-state index contributed by atoms with van der Waals surface area (Å²) in [6.45, 7) is 4.00. The largest absolute Gasteiger partial charge is 0.457 e. The van der Waals surface area contributed by atoms with Crippen LogP contribution in [0, 0.1) is 5.82 Å². The van der Waals surface area contributed by atoms with Gasteiger partial charge in [-0.2, -0.15) is 0 Å². The maximum atomic E-state index is 13.2. The first-order valence-corrected chi connectivity index (χ1v) is 7.40. The molecule has 2 aromatic rings. The lowest BCUT2D eigenvalue weighted by atomic mass is 10.2. The van der Waals surface area contributed by atoms with E-state index in [-0.39, 0.29) is 5.82 Å². The van der Waals surface area contributed by atoms with E-state index in [1.165, 1.54) is 17.7 Å². The molecule has 2 aromatic carbocycles. The second-order valence-corrected chi connectivity index (χ2v) is 5.44. The highest BCUT2D eigenvalue weighted by Crippen LogP contribution is 2.26. The van der Waals surface area contributed by atoms with Crippen LogP contribution in [0.2, 0.25) is 0 Å². The van der Waals surface area contributed by atoms with E-state index in [1.807, 2.05) is 24.3 Å². The van der Waals surface area contributed by atoms with Crippen LogP contribution in [0.3, 0.4) is 0 Å². The maximum Gasteiger partial charge on any atom is 0.131 e. The summed E-state index contributed by atoms with van der Waals surface area (Å²) >= 11 is 3.24. The van der Waals surface area contributed by atoms with E-state index in [1.54, 1.807) is 6.07 Å². The van der Waals surface area contributed by atoms with Gasteiger partial charge in [-0.15, -0.1) is 0 Å². The van der Waals surface area contributed by atoms with Gasteiger partial charge in [0.15, 0.2) is 0 Å². The van der Waals surface area contributed by atoms with Crippen LogP contribution in [-0.2, 0) is 6.54 Å². The van der Waals surface area contributed by atoms with Crippen LogP contribution < -0.4 is 10.1 Å². The van der Waals surface area contributed by atoms with E-state index in [9.17, 15) is 4.39 Å². The minimum atomic E-state index is -0.324. The van der Waals surface area contributed by atoms with Crippen molar-refractivity contribution in [2.75, 3.05) is 6.54 Å². The highest BCUT2D eigenvalue weighted by Gasteiger charge is 2.02. The van der Waals surface area contributed by atoms with E-state index >= 15 is 0 Å². The van der Waals surface area contributed by atoms with Crippen molar-refractivity contribution in [1.29, 1.82) is 0 Å². The van der Waals surface area contributed by atoms with E-state index in [4.69, 9.17) is 4.74 Å². The molecule has 2 rings (SSSR count). The number of halogens is 2. The molecule has 0 atom stereocenters. The Kier molecular flexibility index (Phi) is 5.56. The molecule has 0 bridgehead atoms. The topological polar surface area (TPSA) is 21.3 Å². The van der Waals surface area contributed by atoms with Gasteiger partial charge in [-0.25, -0.2) is 4.39 Å². The lowest BCUT2D eigenvalue weighted by Crippen LogP contribution is -2.13. The van der Waals surface area contributed by atoms with Gasteiger partial charge >= 0.3 is 0 Å². The van der Waals surface area contributed by atoms with Gasteiger partial charge in [0.05, 0.1) is 0 Å². The molecular formula is C16H17BrFNO. The Balaban J connectivity index is 1.99. The second kappa shape index (κ2) is 7.41. The third-order valence-corrected chi connectivity index (χ3v) is 3.21. The van der Waals surface area contributed by atoms with Crippen LogP contribution in [0.25, 0.3) is 0 Å². The Morgan fingerprint density at radius 2 is 1.85 bits per heavy atom. The molecule has 20 heavy (non-hydrogen) atoms. The number of ether oxygens (including phenoxy) is 1. The molecule has 0 saturated heterocycles. The normalized spacial score (nSPS) is 10.6. The zero-order valence-electron chi connectivity index (χ0n) is 11.3. The Labute approximate surface area is 127 Å². The van der Waals surface area contributed by atoms with Gasteiger partial charge in [0.2, 0.25) is 0 Å². The first-order valence-electron chi connectivity index (χ1n) is 6.61. The predicted molar refractivity (Wildman–Crippen MR) is 82.6 cm³/mol. The van der Waals surface area contributed by atoms with Crippen molar-refractivity contribution in [3.8, 4) is 11.5 Å². The summed E-state index contributed by atoms with van der Waals surface area (Å²) < 4.78 is 19.5. The third kappa shape index (κ3) is 4.62. The van der Waals surface area contributed by atoms with Crippen molar-refractivity contribution in [3.63, 3.8) is 0 Å². The van der Waals surface area contributed by atoms with Gasteiger partial charge in [0.1, 0.15) is 17.3 Å². The lowest BCUT2D eigenvalue weighted by molar-refractivity contribution is 0.476. The Morgan fingerprint density at radius 1 is 1.10 bits per heavy atom. The zero-order chi connectivity index (χ0) is 14.4. The van der Waals surface area contributed by atoms with Crippen LogP contribution >= 0.6 is 15.9 Å². The van der Waals surface area contributed by atoms with Gasteiger partial charge < -0.3 is 10.1 Å². The second-order valence-electron chi connectivity index (χ2n) is 4.53. The molecule has 0 unspecified atom stereocenters. The van der Waals surface area contributed by atoms with Crippen molar-refractivity contribution >= 4 is 15.9 Å². The fourth-order valence-corrected chi connectivity index (χ4v) is 2.25. The highest BCUT2D eigenvalue weighted by molar-refractivity contribution is 9.10. The molecule has 0 heterocycles. The molecule has 0 saturated carbocycles. The number of hydrogen-bond donors (Lipinski definition) is 1. The van der Waals surface area contributed by atoms with Crippen molar-refractivity contribution < 1.29 is 9.13 Å². The molecule has 0 aliphatic rings. The lowest BCUT2D eigenvalue weighted by Gasteiger charge is -2.08. The van der Waals surface area contributed by atoms with Crippen LogP contribution in [0.15, 0.2) is 46.9 Å². The van der Waals surface area contributed by atoms with E-state index in [0.29, 0.717) is 16.0 Å². The standard InChI is InChI=1S/C16H17BrFNO/c1-2-7-19-11-12-3-5-15(6-4-12)20-16-9-13(17)8-14(18)10-16/h3-6,8-10,19H,2,7,11H2,1H3. The molecule has 1 N–H and O–H groups in total. The molecular weight excluding hydrogens is 321 g/mol. The fourth-order valence-electron chi connectivity index (χ4n) is 1.81. The minimum Gasteiger partial charge on any atom is -0.457 e. The highest BCUT2D eigenvalue weighted by atomic mass is 79.9. The van der Waals surface area contributed by atoms with E-state index in [0.717, 1.165) is 19.5 Å². The summed E-state index contributed by atoms with van der Waals surface area (Å²) in [5, 5.41) is 3.34. The first kappa shape index (κ1) is 15.0. The average Bonchev–Trinajstić information content (AvgIpc) is 2.40. The average molecular weight is 338 g/mol. The Morgan fingerprint density at radius 3 is 2.50 bits per heavy atom. The Hall–Kier alpha value is -1.39. The summed E-state index contributed by atoms with van der Waals surface area (Å²) in [7, 11) is 0. The van der Waals surface area contributed by atoms with Crippen molar-refractivity contribution in [2.45, 2.75) is 19.9 Å². The smallest absolute Gasteiger partial charge is 0.131 e. The summed E-state index contributed by atoms with van der Waals surface area (Å²) in [4.78, 5) is 0. The molecule has 2 nitrogen and oxygen atoms in total. The van der Waals surface area contributed by atoms with Crippen LogP contribution in [0.1, 0.15) is 18.9 Å². The molecule has 4 heteroatoms. The minimum absolute atomic E-state index is 0.324. The molecule has 0 aliphatic carbocycles. The number of hydrogen-bond acceptors (Lipinski definition) is 2. The summed E-state index contributed by atoms with van der Waals surface area (Å²) in [6.07, 6.45) is 1.12. The van der Waals surface area contributed by atoms with Crippen LogP contribution in [-0.4, -0.2) is 6.54 Å². The molecule has 0 spiro atoms. The molecule has 106 valence electrons. The van der Waals surface area contributed by atoms with Crippen molar-refractivity contribution in [2.24, 2.45) is 0 Å². The van der Waals surface area contributed by atoms with Crippen molar-refractivity contribution in [3.05, 3.63) is 58.3 Å². The van der Waals surface area contributed by atoms with E-state index in [2.05, 4.69) is 28.2 Å². The van der Waals surface area contributed by atoms with Gasteiger partial charge in [-0.3, -0.25) is 0 Å². The maximum absolute atomic E-state index is 13.2. The van der Waals surface area contributed by atoms with Gasteiger partial charge in [0, 0.05) is 17.1 Å². The number of nitrogens with one attached hydrogen (secondary N) is 1. The fraction of sp³-hybridized carbons (Fsp3) is 0.250. The number of rotatable bonds is 6. The molecule has 0 radical (unpaired) electrons. The van der Waals surface area contributed by atoms with Crippen molar-refractivity contribution in [1.82, 2.24) is 5.32 Å². The SMILES string of the molecule is CCCNCc1ccc(Oc2cc(F)cc(Br)c2)cc1. The monoisotopic (exact) mass is 337 g/mol. The summed E-state index contributed by atoms with van der Waals surface area (Å²) in [5.41, 5.74) is 1.20. The van der Waals surface area contributed by atoms with E-state index < -0.39 is 0 Å². The van der Waals surface area contributed by atoms with Gasteiger partial charge in [-0.05, 0) is 42.8 Å².